The second kappa shape index (κ2) is 8.65. The third-order valence-corrected chi connectivity index (χ3v) is 3.10. The average molecular weight is 380 g/mol. The van der Waals surface area contributed by atoms with Gasteiger partial charge in [-0.25, -0.2) is 8.42 Å². The molecule has 1 aromatic carbocycles. The van der Waals surface area contributed by atoms with Crippen LogP contribution in [0.5, 0.6) is 0 Å². The van der Waals surface area contributed by atoms with Gasteiger partial charge in [-0.3, -0.25) is 14.8 Å². The lowest BCUT2D eigenvalue weighted by Gasteiger charge is -2.13. The smallest absolute Gasteiger partial charge is 0.283 e. The zero-order valence-corrected chi connectivity index (χ0v) is 15.0. The maximum Gasteiger partial charge on any atom is 0.423 e. The summed E-state index contributed by atoms with van der Waals surface area (Å²) in [6.45, 7) is 9.15. The highest BCUT2D eigenvalue weighted by molar-refractivity contribution is 7.92. The van der Waals surface area contributed by atoms with Crippen molar-refractivity contribution in [3.8, 4) is 0 Å². The van der Waals surface area contributed by atoms with Crippen LogP contribution in [0.25, 0.3) is 6.08 Å². The fraction of sp³-hybridized carbons (Fsp3) is 0.333. The standard InChI is InChI=1S/C13H13F3N2O4S.C2H6/c1-8(2)4-5-9-6-12(18(19)20)10(13(14,15)16)7-11(9)17-23(3,21)22;1-2/h4-7,17H,1H2,2-3H3;1-2H3/b5-4+;. The first-order valence-electron chi connectivity index (χ1n) is 7.02. The lowest BCUT2D eigenvalue weighted by atomic mass is 10.1. The summed E-state index contributed by atoms with van der Waals surface area (Å²) in [5.41, 5.74) is -2.68. The van der Waals surface area contributed by atoms with Crippen LogP contribution >= 0.6 is 0 Å². The Balaban J connectivity index is 0.00000277. The van der Waals surface area contributed by atoms with Crippen LogP contribution in [0.15, 0.2) is 30.4 Å². The van der Waals surface area contributed by atoms with Gasteiger partial charge in [0.05, 0.1) is 16.9 Å². The molecule has 0 aliphatic heterocycles. The minimum atomic E-state index is -5.01. The van der Waals surface area contributed by atoms with E-state index in [0.717, 1.165) is 6.26 Å². The van der Waals surface area contributed by atoms with Crippen LogP contribution in [0.1, 0.15) is 31.9 Å². The Morgan fingerprint density at radius 2 is 1.84 bits per heavy atom. The van der Waals surface area contributed by atoms with Gasteiger partial charge in [-0.2, -0.15) is 13.2 Å². The number of rotatable bonds is 5. The van der Waals surface area contributed by atoms with Crippen LogP contribution in [-0.2, 0) is 16.2 Å². The summed E-state index contributed by atoms with van der Waals surface area (Å²) >= 11 is 0. The SMILES string of the molecule is C=C(C)/C=C/c1cc([N+](=O)[O-])c(C(F)(F)F)cc1NS(C)(=O)=O.CC. The highest BCUT2D eigenvalue weighted by Crippen LogP contribution is 2.39. The van der Waals surface area contributed by atoms with E-state index in [9.17, 15) is 31.7 Å². The molecule has 140 valence electrons. The normalized spacial score (nSPS) is 11.6. The van der Waals surface area contributed by atoms with Crippen LogP contribution in [-0.4, -0.2) is 19.6 Å². The van der Waals surface area contributed by atoms with E-state index in [2.05, 4.69) is 6.58 Å². The number of alkyl halides is 3. The molecule has 0 spiro atoms. The maximum absolute atomic E-state index is 13.0. The number of hydrogen-bond donors (Lipinski definition) is 1. The number of nitrogens with one attached hydrogen (secondary N) is 1. The van der Waals surface area contributed by atoms with Crippen molar-refractivity contribution in [2.24, 2.45) is 0 Å². The number of sulfonamides is 1. The third-order valence-electron chi connectivity index (χ3n) is 2.51. The van der Waals surface area contributed by atoms with Crippen molar-refractivity contribution in [1.29, 1.82) is 0 Å². The molecule has 1 aromatic rings. The Bertz CT molecular complexity index is 785. The number of halogens is 3. The zero-order chi connectivity index (χ0) is 20.0. The van der Waals surface area contributed by atoms with Gasteiger partial charge in [-0.1, -0.05) is 38.2 Å². The van der Waals surface area contributed by atoms with E-state index >= 15 is 0 Å². The minimum Gasteiger partial charge on any atom is -0.283 e. The first kappa shape index (κ1) is 22.6. The molecule has 0 aliphatic carbocycles. The molecule has 0 bridgehead atoms. The molecular formula is C15H19F3N2O4S. The quantitative estimate of drug-likeness (QED) is 0.459. The van der Waals surface area contributed by atoms with E-state index in [-0.39, 0.29) is 5.56 Å². The second-order valence-corrected chi connectivity index (χ2v) is 6.51. The van der Waals surface area contributed by atoms with Gasteiger partial charge in [0.2, 0.25) is 10.0 Å². The highest BCUT2D eigenvalue weighted by atomic mass is 32.2. The van der Waals surface area contributed by atoms with Crippen molar-refractivity contribution >= 4 is 27.5 Å². The van der Waals surface area contributed by atoms with Crippen LogP contribution in [0, 0.1) is 10.1 Å². The van der Waals surface area contributed by atoms with Gasteiger partial charge in [0.1, 0.15) is 5.56 Å². The summed E-state index contributed by atoms with van der Waals surface area (Å²) in [4.78, 5) is 9.71. The number of nitrogens with zero attached hydrogens (tertiary/aromatic N) is 1. The molecule has 0 saturated heterocycles. The molecule has 25 heavy (non-hydrogen) atoms. The fourth-order valence-electron chi connectivity index (χ4n) is 1.64. The molecule has 0 unspecified atom stereocenters. The number of allylic oxidation sites excluding steroid dienone is 2. The van der Waals surface area contributed by atoms with Gasteiger partial charge >= 0.3 is 6.18 Å². The van der Waals surface area contributed by atoms with E-state index < -0.39 is 38.1 Å². The molecule has 0 fully saturated rings. The van der Waals surface area contributed by atoms with Gasteiger partial charge in [0.15, 0.2) is 0 Å². The van der Waals surface area contributed by atoms with Crippen LogP contribution in [0.3, 0.4) is 0 Å². The van der Waals surface area contributed by atoms with Crippen molar-refractivity contribution in [3.05, 3.63) is 51.6 Å². The monoisotopic (exact) mass is 380 g/mol. The van der Waals surface area contributed by atoms with Crippen LogP contribution in [0.2, 0.25) is 0 Å². The molecule has 0 amide bonds. The maximum atomic E-state index is 13.0. The summed E-state index contributed by atoms with van der Waals surface area (Å²) in [7, 11) is -3.88. The predicted molar refractivity (Wildman–Crippen MR) is 91.8 cm³/mol. The summed E-state index contributed by atoms with van der Waals surface area (Å²) in [5.74, 6) is 0. The fourth-order valence-corrected chi connectivity index (χ4v) is 2.22. The Morgan fingerprint density at radius 1 is 1.32 bits per heavy atom. The molecule has 0 heterocycles. The average Bonchev–Trinajstić information content (AvgIpc) is 2.44. The van der Waals surface area contributed by atoms with Gasteiger partial charge < -0.3 is 0 Å². The lowest BCUT2D eigenvalue weighted by Crippen LogP contribution is -2.14. The van der Waals surface area contributed by atoms with Gasteiger partial charge in [0, 0.05) is 11.6 Å². The summed E-state index contributed by atoms with van der Waals surface area (Å²) in [6.07, 6.45) is -1.62. The van der Waals surface area contributed by atoms with E-state index in [4.69, 9.17) is 0 Å². The van der Waals surface area contributed by atoms with E-state index in [1.807, 2.05) is 18.6 Å². The van der Waals surface area contributed by atoms with Gasteiger partial charge in [-0.15, -0.1) is 0 Å². The molecular weight excluding hydrogens is 361 g/mol. The van der Waals surface area contributed by atoms with Crippen molar-refractivity contribution in [3.63, 3.8) is 0 Å². The molecule has 1 rings (SSSR count). The molecule has 1 N–H and O–H groups in total. The van der Waals surface area contributed by atoms with E-state index in [1.54, 1.807) is 6.92 Å². The van der Waals surface area contributed by atoms with Crippen molar-refractivity contribution in [2.45, 2.75) is 26.9 Å². The Morgan fingerprint density at radius 3 is 2.20 bits per heavy atom. The highest BCUT2D eigenvalue weighted by Gasteiger charge is 2.39. The number of nitro groups is 1. The van der Waals surface area contributed by atoms with E-state index in [0.29, 0.717) is 17.7 Å². The lowest BCUT2D eigenvalue weighted by molar-refractivity contribution is -0.388. The summed E-state index contributed by atoms with van der Waals surface area (Å²) in [6, 6.07) is 1.06. The summed E-state index contributed by atoms with van der Waals surface area (Å²) < 4.78 is 63.4. The largest absolute Gasteiger partial charge is 0.423 e. The molecule has 0 aromatic heterocycles. The van der Waals surface area contributed by atoms with Gasteiger partial charge in [-0.05, 0) is 13.0 Å². The molecule has 0 saturated carbocycles. The number of benzene rings is 1. The van der Waals surface area contributed by atoms with Gasteiger partial charge in [0.25, 0.3) is 5.69 Å². The van der Waals surface area contributed by atoms with Crippen molar-refractivity contribution in [2.75, 3.05) is 11.0 Å². The zero-order valence-electron chi connectivity index (χ0n) is 14.1. The number of hydrogen-bond acceptors (Lipinski definition) is 4. The molecule has 0 aliphatic rings. The Hall–Kier alpha value is -2.36. The second-order valence-electron chi connectivity index (χ2n) is 4.77. The number of anilines is 1. The predicted octanol–water partition coefficient (Wildman–Crippen LogP) is 4.60. The molecule has 10 heteroatoms. The first-order chi connectivity index (χ1) is 11.3. The molecule has 0 radical (unpaired) electrons. The van der Waals surface area contributed by atoms with Crippen molar-refractivity contribution < 1.29 is 26.5 Å². The first-order valence-corrected chi connectivity index (χ1v) is 8.91. The van der Waals surface area contributed by atoms with E-state index in [1.165, 1.54) is 12.2 Å². The minimum absolute atomic E-state index is 0.0851. The molecule has 0 atom stereocenters. The van der Waals surface area contributed by atoms with Crippen LogP contribution < -0.4 is 4.72 Å². The Kier molecular flexibility index (Phi) is 7.84. The molecule has 6 nitrogen and oxygen atoms in total. The van der Waals surface area contributed by atoms with Crippen LogP contribution in [0.4, 0.5) is 24.5 Å². The number of nitro benzene ring substituents is 1. The van der Waals surface area contributed by atoms with Crippen molar-refractivity contribution in [1.82, 2.24) is 0 Å². The third kappa shape index (κ3) is 7.38. The Labute approximate surface area is 144 Å². The topological polar surface area (TPSA) is 89.3 Å². The summed E-state index contributed by atoms with van der Waals surface area (Å²) in [5, 5.41) is 10.9.